The summed E-state index contributed by atoms with van der Waals surface area (Å²) in [4.78, 5) is 11.1. The minimum atomic E-state index is -0.736. The number of ether oxygens (including phenoxy) is 3. The molecule has 0 aromatic heterocycles. The Morgan fingerprint density at radius 1 is 1.37 bits per heavy atom. The highest BCUT2D eigenvalue weighted by Crippen LogP contribution is 2.27. The predicted molar refractivity (Wildman–Crippen MR) is 69.1 cm³/mol. The van der Waals surface area contributed by atoms with Crippen LogP contribution in [0.4, 0.5) is 0 Å². The Labute approximate surface area is 114 Å². The third kappa shape index (κ3) is 5.86. The number of allylic oxidation sites excluding steroid dienone is 1. The smallest absolute Gasteiger partial charge is 0.305 e. The van der Waals surface area contributed by atoms with Gasteiger partial charge < -0.3 is 14.2 Å². The van der Waals surface area contributed by atoms with Crippen LogP contribution in [0.1, 0.15) is 39.0 Å². The van der Waals surface area contributed by atoms with Crippen molar-refractivity contribution in [2.24, 2.45) is 0 Å². The standard InChI is InChI=1S/C14H21NO4/c1-2-17-13(16)7-4-3-5-8-14(9-6-10-15)18-11-12-19-14/h6,9H,2-5,7-8,11-12H2,1H3/b9-6+. The van der Waals surface area contributed by atoms with Crippen LogP contribution in [0.15, 0.2) is 12.2 Å². The summed E-state index contributed by atoms with van der Waals surface area (Å²) in [6.07, 6.45) is 6.82. The van der Waals surface area contributed by atoms with Crippen LogP contribution >= 0.6 is 0 Å². The number of nitrogens with zero attached hydrogens (tertiary/aromatic N) is 1. The van der Waals surface area contributed by atoms with Crippen molar-refractivity contribution in [3.05, 3.63) is 12.2 Å². The lowest BCUT2D eigenvalue weighted by Gasteiger charge is -2.23. The first-order valence-electron chi connectivity index (χ1n) is 6.73. The number of unbranched alkanes of at least 4 members (excludes halogenated alkanes) is 2. The van der Waals surface area contributed by atoms with E-state index >= 15 is 0 Å². The van der Waals surface area contributed by atoms with Crippen LogP contribution in [0.3, 0.4) is 0 Å². The van der Waals surface area contributed by atoms with Crippen LogP contribution in [-0.2, 0) is 19.0 Å². The highest BCUT2D eigenvalue weighted by Gasteiger charge is 2.32. The zero-order chi connectivity index (χ0) is 14.0. The van der Waals surface area contributed by atoms with E-state index in [1.165, 1.54) is 6.08 Å². The van der Waals surface area contributed by atoms with Gasteiger partial charge in [-0.1, -0.05) is 6.42 Å². The Bertz CT molecular complexity index is 340. The molecule has 0 aromatic carbocycles. The Kier molecular flexibility index (Phi) is 7.16. The number of nitriles is 1. The molecular weight excluding hydrogens is 246 g/mol. The van der Waals surface area contributed by atoms with Crippen molar-refractivity contribution < 1.29 is 19.0 Å². The lowest BCUT2D eigenvalue weighted by atomic mass is 10.1. The monoisotopic (exact) mass is 267 g/mol. The van der Waals surface area contributed by atoms with Gasteiger partial charge in [0.1, 0.15) is 0 Å². The van der Waals surface area contributed by atoms with Gasteiger partial charge in [-0.15, -0.1) is 0 Å². The molecular formula is C14H21NO4. The number of carbonyl (C=O) groups is 1. The molecule has 5 nitrogen and oxygen atoms in total. The van der Waals surface area contributed by atoms with E-state index in [2.05, 4.69) is 0 Å². The van der Waals surface area contributed by atoms with Crippen LogP contribution in [0.25, 0.3) is 0 Å². The first-order valence-corrected chi connectivity index (χ1v) is 6.73. The zero-order valence-electron chi connectivity index (χ0n) is 11.4. The van der Waals surface area contributed by atoms with Gasteiger partial charge in [0.2, 0.25) is 0 Å². The lowest BCUT2D eigenvalue weighted by molar-refractivity contribution is -0.143. The van der Waals surface area contributed by atoms with Gasteiger partial charge in [-0.3, -0.25) is 4.79 Å². The number of hydrogen-bond acceptors (Lipinski definition) is 5. The quantitative estimate of drug-likeness (QED) is 0.383. The van der Waals surface area contributed by atoms with Crippen LogP contribution < -0.4 is 0 Å². The topological polar surface area (TPSA) is 68.6 Å². The molecule has 0 aromatic rings. The molecule has 0 radical (unpaired) electrons. The van der Waals surface area contributed by atoms with E-state index in [1.807, 2.05) is 6.07 Å². The highest BCUT2D eigenvalue weighted by atomic mass is 16.7. The molecule has 1 aliphatic heterocycles. The number of rotatable bonds is 8. The number of esters is 1. The summed E-state index contributed by atoms with van der Waals surface area (Å²) in [5, 5.41) is 8.56. The summed E-state index contributed by atoms with van der Waals surface area (Å²) in [6, 6.07) is 1.95. The van der Waals surface area contributed by atoms with Crippen molar-refractivity contribution in [1.29, 1.82) is 5.26 Å². The lowest BCUT2D eigenvalue weighted by Crippen LogP contribution is -2.27. The van der Waals surface area contributed by atoms with E-state index in [-0.39, 0.29) is 5.97 Å². The van der Waals surface area contributed by atoms with Crippen molar-refractivity contribution in [1.82, 2.24) is 0 Å². The average molecular weight is 267 g/mol. The summed E-state index contributed by atoms with van der Waals surface area (Å²) in [5.41, 5.74) is 0. The number of carbonyl (C=O) groups excluding carboxylic acids is 1. The summed E-state index contributed by atoms with van der Waals surface area (Å²) in [7, 11) is 0. The predicted octanol–water partition coefficient (Wildman–Crippen LogP) is 2.32. The zero-order valence-corrected chi connectivity index (χ0v) is 11.4. The van der Waals surface area contributed by atoms with Crippen LogP contribution in [-0.4, -0.2) is 31.6 Å². The highest BCUT2D eigenvalue weighted by molar-refractivity contribution is 5.69. The van der Waals surface area contributed by atoms with E-state index in [0.717, 1.165) is 19.3 Å². The van der Waals surface area contributed by atoms with Gasteiger partial charge in [0.05, 0.1) is 25.9 Å². The first kappa shape index (κ1) is 15.7. The van der Waals surface area contributed by atoms with E-state index in [1.54, 1.807) is 13.0 Å². The van der Waals surface area contributed by atoms with E-state index in [0.29, 0.717) is 32.7 Å². The molecule has 1 aliphatic rings. The second kappa shape index (κ2) is 8.68. The molecule has 0 atom stereocenters. The van der Waals surface area contributed by atoms with Gasteiger partial charge in [0, 0.05) is 18.9 Å². The molecule has 0 N–H and O–H groups in total. The third-order valence-corrected chi connectivity index (χ3v) is 2.90. The van der Waals surface area contributed by atoms with Crippen molar-refractivity contribution in [3.8, 4) is 6.07 Å². The normalized spacial score (nSPS) is 17.5. The van der Waals surface area contributed by atoms with E-state index in [9.17, 15) is 4.79 Å². The first-order chi connectivity index (χ1) is 9.22. The summed E-state index contributed by atoms with van der Waals surface area (Å²) >= 11 is 0. The third-order valence-electron chi connectivity index (χ3n) is 2.90. The van der Waals surface area contributed by atoms with Crippen molar-refractivity contribution in [2.45, 2.75) is 44.8 Å². The Hall–Kier alpha value is -1.38. The maximum atomic E-state index is 11.1. The molecule has 1 saturated heterocycles. The fourth-order valence-electron chi connectivity index (χ4n) is 2.01. The molecule has 5 heteroatoms. The maximum absolute atomic E-state index is 11.1. The second-order valence-corrected chi connectivity index (χ2v) is 4.34. The van der Waals surface area contributed by atoms with Gasteiger partial charge in [-0.25, -0.2) is 0 Å². The molecule has 106 valence electrons. The van der Waals surface area contributed by atoms with Crippen LogP contribution in [0.5, 0.6) is 0 Å². The van der Waals surface area contributed by atoms with E-state index < -0.39 is 5.79 Å². The largest absolute Gasteiger partial charge is 0.466 e. The summed E-state index contributed by atoms with van der Waals surface area (Å²) < 4.78 is 16.0. The summed E-state index contributed by atoms with van der Waals surface area (Å²) in [6.45, 7) is 3.34. The number of hydrogen-bond donors (Lipinski definition) is 0. The minimum absolute atomic E-state index is 0.144. The average Bonchev–Trinajstić information content (AvgIpc) is 2.86. The van der Waals surface area contributed by atoms with Crippen molar-refractivity contribution >= 4 is 5.97 Å². The summed E-state index contributed by atoms with van der Waals surface area (Å²) in [5.74, 6) is -0.880. The van der Waals surface area contributed by atoms with Crippen molar-refractivity contribution in [3.63, 3.8) is 0 Å². The van der Waals surface area contributed by atoms with Gasteiger partial charge in [-0.05, 0) is 25.8 Å². The van der Waals surface area contributed by atoms with Gasteiger partial charge in [0.15, 0.2) is 5.79 Å². The molecule has 0 unspecified atom stereocenters. The molecule has 0 saturated carbocycles. The second-order valence-electron chi connectivity index (χ2n) is 4.34. The maximum Gasteiger partial charge on any atom is 0.305 e. The fraction of sp³-hybridized carbons (Fsp3) is 0.714. The SMILES string of the molecule is CCOC(=O)CCCCCC1(/C=C/C#N)OCCO1. The Morgan fingerprint density at radius 3 is 2.74 bits per heavy atom. The molecule has 0 bridgehead atoms. The molecule has 0 amide bonds. The Balaban J connectivity index is 2.21. The molecule has 1 heterocycles. The molecule has 19 heavy (non-hydrogen) atoms. The Morgan fingerprint density at radius 2 is 2.11 bits per heavy atom. The van der Waals surface area contributed by atoms with Gasteiger partial charge in [0.25, 0.3) is 0 Å². The molecule has 1 rings (SSSR count). The van der Waals surface area contributed by atoms with Crippen molar-refractivity contribution in [2.75, 3.05) is 19.8 Å². The van der Waals surface area contributed by atoms with Gasteiger partial charge >= 0.3 is 5.97 Å². The molecule has 0 aliphatic carbocycles. The van der Waals surface area contributed by atoms with Crippen LogP contribution in [0.2, 0.25) is 0 Å². The minimum Gasteiger partial charge on any atom is -0.466 e. The fourth-order valence-corrected chi connectivity index (χ4v) is 2.01. The van der Waals surface area contributed by atoms with E-state index in [4.69, 9.17) is 19.5 Å². The molecule has 0 spiro atoms. The van der Waals surface area contributed by atoms with Crippen LogP contribution in [0, 0.1) is 11.3 Å². The van der Waals surface area contributed by atoms with Gasteiger partial charge in [-0.2, -0.15) is 5.26 Å². The molecule has 1 fully saturated rings.